The zero-order chi connectivity index (χ0) is 22.0. The van der Waals surface area contributed by atoms with E-state index < -0.39 is 0 Å². The van der Waals surface area contributed by atoms with Crippen LogP contribution in [-0.2, 0) is 16.1 Å². The van der Waals surface area contributed by atoms with Crippen LogP contribution in [0, 0.1) is 5.92 Å². The van der Waals surface area contributed by atoms with Crippen LogP contribution in [-0.4, -0.2) is 35.1 Å². The number of benzene rings is 2. The number of nitrogens with one attached hydrogen (secondary N) is 1. The zero-order valence-corrected chi connectivity index (χ0v) is 19.5. The first-order valence-electron chi connectivity index (χ1n) is 10.3. The van der Waals surface area contributed by atoms with E-state index in [4.69, 9.17) is 23.2 Å². The van der Waals surface area contributed by atoms with Gasteiger partial charge in [0.05, 0.1) is 4.91 Å². The minimum atomic E-state index is -0.0990. The molecule has 3 unspecified atom stereocenters. The minimum absolute atomic E-state index is 0.00310. The minimum Gasteiger partial charge on any atom is -0.352 e. The largest absolute Gasteiger partial charge is 0.352 e. The van der Waals surface area contributed by atoms with E-state index in [1.165, 1.54) is 0 Å². The second kappa shape index (κ2) is 9.68. The van der Waals surface area contributed by atoms with E-state index in [-0.39, 0.29) is 23.8 Å². The highest BCUT2D eigenvalue weighted by molar-refractivity contribution is 8.04. The van der Waals surface area contributed by atoms with Crippen LogP contribution in [0.5, 0.6) is 0 Å². The van der Waals surface area contributed by atoms with Crippen LogP contribution in [0.15, 0.2) is 53.4 Å². The second-order valence-corrected chi connectivity index (χ2v) is 10.1. The predicted octanol–water partition coefficient (Wildman–Crippen LogP) is 5.39. The molecule has 1 heterocycles. The van der Waals surface area contributed by atoms with E-state index in [9.17, 15) is 9.59 Å². The number of nitrogens with zero attached hydrogens (tertiary/aromatic N) is 1. The molecule has 2 aromatic rings. The zero-order valence-electron chi connectivity index (χ0n) is 17.2. The van der Waals surface area contributed by atoms with E-state index in [0.717, 1.165) is 28.9 Å². The fraction of sp³-hybridized carbons (Fsp3) is 0.333. The summed E-state index contributed by atoms with van der Waals surface area (Å²) in [6, 6.07) is 15.1. The number of thioether (sulfide) groups is 1. The van der Waals surface area contributed by atoms with Gasteiger partial charge in [0.1, 0.15) is 0 Å². The molecule has 2 aliphatic rings. The Hall–Kier alpha value is -1.95. The third-order valence-corrected chi connectivity index (χ3v) is 7.99. The summed E-state index contributed by atoms with van der Waals surface area (Å²) < 4.78 is 0. The second-order valence-electron chi connectivity index (χ2n) is 8.02. The van der Waals surface area contributed by atoms with E-state index in [1.54, 1.807) is 11.8 Å². The number of hydrogen-bond acceptors (Lipinski definition) is 3. The molecule has 162 valence electrons. The Morgan fingerprint density at radius 3 is 2.77 bits per heavy atom. The highest BCUT2D eigenvalue weighted by atomic mass is 35.5. The maximum Gasteiger partial charge on any atom is 0.260 e. The van der Waals surface area contributed by atoms with Crippen molar-refractivity contribution >= 4 is 52.9 Å². The number of hydrogen-bond donors (Lipinski definition) is 1. The lowest BCUT2D eigenvalue weighted by Gasteiger charge is -2.44. The molecule has 7 heteroatoms. The van der Waals surface area contributed by atoms with E-state index in [2.05, 4.69) is 5.32 Å². The lowest BCUT2D eigenvalue weighted by Crippen LogP contribution is -2.52. The Morgan fingerprint density at radius 2 is 2.00 bits per heavy atom. The lowest BCUT2D eigenvalue weighted by atomic mass is 9.83. The fourth-order valence-corrected chi connectivity index (χ4v) is 6.13. The van der Waals surface area contributed by atoms with Crippen molar-refractivity contribution in [1.29, 1.82) is 0 Å². The van der Waals surface area contributed by atoms with Crippen LogP contribution < -0.4 is 5.32 Å². The molecule has 4 nitrogen and oxygen atoms in total. The molecule has 0 radical (unpaired) electrons. The molecule has 1 aliphatic heterocycles. The molecule has 2 amide bonds. The van der Waals surface area contributed by atoms with Crippen LogP contribution in [0.3, 0.4) is 0 Å². The normalized spacial score (nSPS) is 24.7. The van der Waals surface area contributed by atoms with Crippen molar-refractivity contribution in [2.75, 3.05) is 7.05 Å². The van der Waals surface area contributed by atoms with Gasteiger partial charge in [-0.15, -0.1) is 11.8 Å². The van der Waals surface area contributed by atoms with Crippen LogP contribution in [0.4, 0.5) is 0 Å². The van der Waals surface area contributed by atoms with Crippen molar-refractivity contribution < 1.29 is 9.59 Å². The molecular weight excluding hydrogens is 451 g/mol. The average molecular weight is 475 g/mol. The van der Waals surface area contributed by atoms with Gasteiger partial charge in [0, 0.05) is 40.8 Å². The number of carbonyl (C=O) groups is 2. The summed E-state index contributed by atoms with van der Waals surface area (Å²) in [5.41, 5.74) is 1.82. The van der Waals surface area contributed by atoms with Crippen molar-refractivity contribution in [2.24, 2.45) is 5.92 Å². The van der Waals surface area contributed by atoms with Crippen molar-refractivity contribution in [3.63, 3.8) is 0 Å². The molecule has 4 rings (SSSR count). The Balaban J connectivity index is 1.40. The Labute approximate surface area is 197 Å². The standard InChI is InChI=1S/C24H24Cl2N2O2S/c1-28-20-13-16(23(29)27-14-17-6-2-3-8-19(17)26)9-10-21(20)31-22(24(28)30)12-15-5-4-7-18(25)11-15/h2-8,11-12,16,20-21H,9-10,13-14H2,1H3,(H,27,29)/b22-12+. The van der Waals surface area contributed by atoms with Crippen molar-refractivity contribution in [2.45, 2.75) is 37.1 Å². The summed E-state index contributed by atoms with van der Waals surface area (Å²) >= 11 is 13.9. The summed E-state index contributed by atoms with van der Waals surface area (Å²) in [5, 5.41) is 4.62. The molecule has 1 N–H and O–H groups in total. The summed E-state index contributed by atoms with van der Waals surface area (Å²) in [5.74, 6) is -0.0640. The quantitative estimate of drug-likeness (QED) is 0.603. The maximum atomic E-state index is 13.0. The topological polar surface area (TPSA) is 49.4 Å². The summed E-state index contributed by atoms with van der Waals surface area (Å²) in [6.07, 6.45) is 4.30. The molecule has 31 heavy (non-hydrogen) atoms. The van der Waals surface area contributed by atoms with Gasteiger partial charge in [-0.3, -0.25) is 9.59 Å². The molecule has 1 saturated carbocycles. The van der Waals surface area contributed by atoms with Gasteiger partial charge in [0.15, 0.2) is 0 Å². The molecule has 2 fully saturated rings. The number of carbonyl (C=O) groups excluding carboxylic acids is 2. The van der Waals surface area contributed by atoms with Gasteiger partial charge in [0.25, 0.3) is 5.91 Å². The first kappa shape index (κ1) is 22.3. The van der Waals surface area contributed by atoms with E-state index >= 15 is 0 Å². The first-order chi connectivity index (χ1) is 14.9. The summed E-state index contributed by atoms with van der Waals surface area (Å²) in [6.45, 7) is 0.416. The molecule has 3 atom stereocenters. The van der Waals surface area contributed by atoms with Crippen molar-refractivity contribution in [3.8, 4) is 0 Å². The van der Waals surface area contributed by atoms with E-state index in [0.29, 0.717) is 28.3 Å². The molecular formula is C24H24Cl2N2O2S. The highest BCUT2D eigenvalue weighted by Gasteiger charge is 2.42. The van der Waals surface area contributed by atoms with Gasteiger partial charge in [-0.25, -0.2) is 0 Å². The van der Waals surface area contributed by atoms with Crippen molar-refractivity contribution in [3.05, 3.63) is 74.6 Å². The monoisotopic (exact) mass is 474 g/mol. The van der Waals surface area contributed by atoms with E-state index in [1.807, 2.05) is 66.6 Å². The Bertz CT molecular complexity index is 1030. The number of likely N-dealkylation sites (N-methyl/N-ethyl adjacent to an activating group) is 1. The van der Waals surface area contributed by atoms with Gasteiger partial charge in [-0.05, 0) is 54.7 Å². The van der Waals surface area contributed by atoms with Crippen LogP contribution in [0.25, 0.3) is 6.08 Å². The summed E-state index contributed by atoms with van der Waals surface area (Å²) in [4.78, 5) is 28.3. The van der Waals surface area contributed by atoms with Crippen LogP contribution in [0.1, 0.15) is 30.4 Å². The van der Waals surface area contributed by atoms with Gasteiger partial charge in [0.2, 0.25) is 5.91 Å². The van der Waals surface area contributed by atoms with Gasteiger partial charge in [-0.1, -0.05) is 53.5 Å². The van der Waals surface area contributed by atoms with Gasteiger partial charge in [-0.2, -0.15) is 0 Å². The molecule has 0 bridgehead atoms. The first-order valence-corrected chi connectivity index (χ1v) is 12.0. The van der Waals surface area contributed by atoms with Gasteiger partial charge < -0.3 is 10.2 Å². The van der Waals surface area contributed by atoms with Crippen LogP contribution in [0.2, 0.25) is 10.0 Å². The molecule has 0 aromatic heterocycles. The SMILES string of the molecule is CN1C(=O)/C(=C\c2cccc(Cl)c2)SC2CCC(C(=O)NCc3ccccc3Cl)CC21. The highest BCUT2D eigenvalue weighted by Crippen LogP contribution is 2.43. The third kappa shape index (κ3) is 5.11. The molecule has 2 aromatic carbocycles. The number of amides is 2. The average Bonchev–Trinajstić information content (AvgIpc) is 2.76. The molecule has 1 aliphatic carbocycles. The number of rotatable bonds is 4. The maximum absolute atomic E-state index is 13.0. The lowest BCUT2D eigenvalue weighted by molar-refractivity contribution is -0.132. The Morgan fingerprint density at radius 1 is 1.19 bits per heavy atom. The smallest absolute Gasteiger partial charge is 0.260 e. The summed E-state index contributed by atoms with van der Waals surface area (Å²) in [7, 11) is 1.84. The number of fused-ring (bicyclic) bond motifs is 1. The Kier molecular flexibility index (Phi) is 6.95. The van der Waals surface area contributed by atoms with Gasteiger partial charge >= 0.3 is 0 Å². The number of halogens is 2. The fourth-order valence-electron chi connectivity index (χ4n) is 4.25. The third-order valence-electron chi connectivity index (χ3n) is 5.99. The molecule has 0 spiro atoms. The van der Waals surface area contributed by atoms with Crippen molar-refractivity contribution in [1.82, 2.24) is 10.2 Å². The predicted molar refractivity (Wildman–Crippen MR) is 128 cm³/mol. The van der Waals surface area contributed by atoms with Crippen LogP contribution >= 0.6 is 35.0 Å². The molecule has 1 saturated heterocycles.